The van der Waals surface area contributed by atoms with E-state index in [-0.39, 0.29) is 0 Å². The molecule has 0 aliphatic carbocycles. The molecule has 0 N–H and O–H groups in total. The monoisotopic (exact) mass is 294 g/mol. The third kappa shape index (κ3) is 5.61. The zero-order valence-electron chi connectivity index (χ0n) is 14.3. The third-order valence-electron chi connectivity index (χ3n) is 5.19. The molecule has 0 bridgehead atoms. The van der Waals surface area contributed by atoms with Gasteiger partial charge in [0.05, 0.1) is 0 Å². The fourth-order valence-corrected chi connectivity index (χ4v) is 3.75. The second-order valence-corrected chi connectivity index (χ2v) is 7.75. The first kappa shape index (κ1) is 16.8. The van der Waals surface area contributed by atoms with Crippen LogP contribution in [0.1, 0.15) is 59.3 Å². The Kier molecular flexibility index (Phi) is 6.53. The summed E-state index contributed by atoms with van der Waals surface area (Å²) in [4.78, 5) is 16.3. The quantitative estimate of drug-likeness (QED) is 0.685. The maximum atomic E-state index is 11.6. The Hall–Kier alpha value is -0.570. The van der Waals surface area contributed by atoms with Gasteiger partial charge in [0.15, 0.2) is 0 Å². The number of amides is 1. The molecule has 122 valence electrons. The standard InChI is InChI=1S/C18H34N2O/c1-15(2)6-10-19-11-8-17(14-19)13-16(3)7-12-20-9-4-5-18(20)21/h15-17H,4-14H2,1-3H3. The van der Waals surface area contributed by atoms with Crippen LogP contribution >= 0.6 is 0 Å². The molecule has 0 aromatic heterocycles. The number of carbonyl (C=O) groups is 1. The van der Waals surface area contributed by atoms with Crippen molar-refractivity contribution in [2.45, 2.75) is 59.3 Å². The zero-order valence-corrected chi connectivity index (χ0v) is 14.3. The Bertz CT molecular complexity index is 329. The van der Waals surface area contributed by atoms with E-state index in [1.807, 2.05) is 0 Å². The summed E-state index contributed by atoms with van der Waals surface area (Å²) in [6.45, 7) is 12.9. The van der Waals surface area contributed by atoms with Crippen LogP contribution in [0.15, 0.2) is 0 Å². The predicted octanol–water partition coefficient (Wildman–Crippen LogP) is 3.39. The van der Waals surface area contributed by atoms with Crippen molar-refractivity contribution in [3.05, 3.63) is 0 Å². The van der Waals surface area contributed by atoms with E-state index in [2.05, 4.69) is 30.6 Å². The fraction of sp³-hybridized carbons (Fsp3) is 0.944. The van der Waals surface area contributed by atoms with Crippen LogP contribution in [-0.2, 0) is 4.79 Å². The van der Waals surface area contributed by atoms with Crippen LogP contribution in [0.5, 0.6) is 0 Å². The van der Waals surface area contributed by atoms with Crippen molar-refractivity contribution in [2.75, 3.05) is 32.7 Å². The van der Waals surface area contributed by atoms with E-state index < -0.39 is 0 Å². The molecule has 0 radical (unpaired) electrons. The smallest absolute Gasteiger partial charge is 0.222 e. The summed E-state index contributed by atoms with van der Waals surface area (Å²) < 4.78 is 0. The molecule has 3 heteroatoms. The lowest BCUT2D eigenvalue weighted by molar-refractivity contribution is -0.127. The number of hydrogen-bond donors (Lipinski definition) is 0. The largest absolute Gasteiger partial charge is 0.343 e. The van der Waals surface area contributed by atoms with Crippen LogP contribution in [-0.4, -0.2) is 48.4 Å². The van der Waals surface area contributed by atoms with E-state index in [0.717, 1.165) is 43.7 Å². The number of rotatable bonds is 8. The predicted molar refractivity (Wildman–Crippen MR) is 88.2 cm³/mol. The average Bonchev–Trinajstić information content (AvgIpc) is 3.03. The average molecular weight is 294 g/mol. The summed E-state index contributed by atoms with van der Waals surface area (Å²) in [5.74, 6) is 2.85. The highest BCUT2D eigenvalue weighted by Gasteiger charge is 2.25. The van der Waals surface area contributed by atoms with Gasteiger partial charge in [0.2, 0.25) is 5.91 Å². The number of carbonyl (C=O) groups excluding carboxylic acids is 1. The summed E-state index contributed by atoms with van der Waals surface area (Å²) in [5.41, 5.74) is 0. The van der Waals surface area contributed by atoms with Crippen molar-refractivity contribution in [1.29, 1.82) is 0 Å². The highest BCUT2D eigenvalue weighted by Crippen LogP contribution is 2.26. The maximum absolute atomic E-state index is 11.6. The highest BCUT2D eigenvalue weighted by molar-refractivity contribution is 5.77. The minimum atomic E-state index is 0.378. The maximum Gasteiger partial charge on any atom is 0.222 e. The molecule has 2 atom stereocenters. The molecule has 0 spiro atoms. The molecule has 1 amide bonds. The van der Waals surface area contributed by atoms with Gasteiger partial charge in [-0.25, -0.2) is 0 Å². The molecular formula is C18H34N2O. The van der Waals surface area contributed by atoms with Gasteiger partial charge in [-0.3, -0.25) is 4.79 Å². The van der Waals surface area contributed by atoms with E-state index in [1.165, 1.54) is 45.3 Å². The first-order valence-electron chi connectivity index (χ1n) is 9.04. The van der Waals surface area contributed by atoms with Crippen LogP contribution in [0.3, 0.4) is 0 Å². The molecular weight excluding hydrogens is 260 g/mol. The normalized spacial score (nSPS) is 25.2. The van der Waals surface area contributed by atoms with E-state index in [0.29, 0.717) is 5.91 Å². The molecule has 3 nitrogen and oxygen atoms in total. The van der Waals surface area contributed by atoms with Crippen LogP contribution < -0.4 is 0 Å². The van der Waals surface area contributed by atoms with E-state index in [1.54, 1.807) is 0 Å². The molecule has 2 unspecified atom stereocenters. The lowest BCUT2D eigenvalue weighted by atomic mass is 9.93. The van der Waals surface area contributed by atoms with E-state index >= 15 is 0 Å². The van der Waals surface area contributed by atoms with Crippen molar-refractivity contribution in [1.82, 2.24) is 9.80 Å². The van der Waals surface area contributed by atoms with Crippen LogP contribution in [0.2, 0.25) is 0 Å². The molecule has 0 aromatic carbocycles. The van der Waals surface area contributed by atoms with Gasteiger partial charge in [0.25, 0.3) is 0 Å². The Balaban J connectivity index is 1.60. The van der Waals surface area contributed by atoms with Crippen molar-refractivity contribution >= 4 is 5.91 Å². The summed E-state index contributed by atoms with van der Waals surface area (Å²) in [7, 11) is 0. The Morgan fingerprint density at radius 2 is 1.95 bits per heavy atom. The number of hydrogen-bond acceptors (Lipinski definition) is 2. The first-order valence-corrected chi connectivity index (χ1v) is 9.04. The van der Waals surface area contributed by atoms with Gasteiger partial charge in [0, 0.05) is 26.1 Å². The fourth-order valence-electron chi connectivity index (χ4n) is 3.75. The molecule has 2 saturated heterocycles. The molecule has 21 heavy (non-hydrogen) atoms. The minimum Gasteiger partial charge on any atom is -0.343 e. The third-order valence-corrected chi connectivity index (χ3v) is 5.19. The van der Waals surface area contributed by atoms with E-state index in [4.69, 9.17) is 0 Å². The van der Waals surface area contributed by atoms with Gasteiger partial charge in [-0.05, 0) is 62.9 Å². The van der Waals surface area contributed by atoms with Gasteiger partial charge in [-0.15, -0.1) is 0 Å². The van der Waals surface area contributed by atoms with Crippen molar-refractivity contribution < 1.29 is 4.79 Å². The SMILES string of the molecule is CC(C)CCN1CCC(CC(C)CCN2CCCC2=O)C1. The Morgan fingerprint density at radius 1 is 1.14 bits per heavy atom. The molecule has 2 rings (SSSR count). The van der Waals surface area contributed by atoms with Crippen LogP contribution in [0, 0.1) is 17.8 Å². The first-order chi connectivity index (χ1) is 10.0. The van der Waals surface area contributed by atoms with E-state index in [9.17, 15) is 4.79 Å². The lowest BCUT2D eigenvalue weighted by Gasteiger charge is -2.21. The van der Waals surface area contributed by atoms with Crippen molar-refractivity contribution in [2.24, 2.45) is 17.8 Å². The van der Waals surface area contributed by atoms with Gasteiger partial charge in [-0.1, -0.05) is 20.8 Å². The Morgan fingerprint density at radius 3 is 2.62 bits per heavy atom. The summed E-state index contributed by atoms with van der Waals surface area (Å²) in [6, 6.07) is 0. The van der Waals surface area contributed by atoms with Crippen LogP contribution in [0.4, 0.5) is 0 Å². The lowest BCUT2D eigenvalue weighted by Crippen LogP contribution is -2.27. The number of nitrogens with zero attached hydrogens (tertiary/aromatic N) is 2. The zero-order chi connectivity index (χ0) is 15.2. The summed E-state index contributed by atoms with van der Waals surface area (Å²) >= 11 is 0. The molecule has 2 fully saturated rings. The van der Waals surface area contributed by atoms with Gasteiger partial charge in [-0.2, -0.15) is 0 Å². The van der Waals surface area contributed by atoms with Crippen molar-refractivity contribution in [3.63, 3.8) is 0 Å². The number of likely N-dealkylation sites (tertiary alicyclic amines) is 2. The summed E-state index contributed by atoms with van der Waals surface area (Å²) in [5, 5.41) is 0. The second kappa shape index (κ2) is 8.17. The van der Waals surface area contributed by atoms with Gasteiger partial charge >= 0.3 is 0 Å². The molecule has 2 aliphatic rings. The van der Waals surface area contributed by atoms with Crippen molar-refractivity contribution in [3.8, 4) is 0 Å². The molecule has 2 heterocycles. The van der Waals surface area contributed by atoms with Gasteiger partial charge < -0.3 is 9.80 Å². The highest BCUT2D eigenvalue weighted by atomic mass is 16.2. The molecule has 0 aromatic rings. The second-order valence-electron chi connectivity index (χ2n) is 7.75. The van der Waals surface area contributed by atoms with Gasteiger partial charge in [0.1, 0.15) is 0 Å². The topological polar surface area (TPSA) is 23.6 Å². The molecule has 0 saturated carbocycles. The Labute approximate surface area is 131 Å². The molecule has 2 aliphatic heterocycles. The van der Waals surface area contributed by atoms with Crippen LogP contribution in [0.25, 0.3) is 0 Å². The minimum absolute atomic E-state index is 0.378. The summed E-state index contributed by atoms with van der Waals surface area (Å²) in [6.07, 6.45) is 7.10.